The van der Waals surface area contributed by atoms with Gasteiger partial charge in [0.2, 0.25) is 0 Å². The summed E-state index contributed by atoms with van der Waals surface area (Å²) in [6, 6.07) is 0. The van der Waals surface area contributed by atoms with Crippen LogP contribution in [0, 0.1) is 17.3 Å². The molecule has 8 atom stereocenters. The highest BCUT2D eigenvalue weighted by Gasteiger charge is 2.49. The van der Waals surface area contributed by atoms with Crippen LogP contribution in [0.3, 0.4) is 0 Å². The highest BCUT2D eigenvalue weighted by atomic mass is 16.7. The Hall–Kier alpha value is -0.500. The quantitative estimate of drug-likeness (QED) is 0.551. The lowest BCUT2D eigenvalue weighted by Crippen LogP contribution is -2.61. The van der Waals surface area contributed by atoms with Crippen LogP contribution in [0.4, 0.5) is 0 Å². The predicted molar refractivity (Wildman–Crippen MR) is 101 cm³/mol. The number of fused-ring (bicyclic) bond motifs is 1. The normalized spacial score (nSPS) is 45.9. The summed E-state index contributed by atoms with van der Waals surface area (Å²) in [5, 5.41) is 39.7. The predicted octanol–water partition coefficient (Wildman–Crippen LogP) is 1.74. The second-order valence-electron chi connectivity index (χ2n) is 9.58. The van der Waals surface area contributed by atoms with Gasteiger partial charge in [-0.3, -0.25) is 0 Å². The first-order chi connectivity index (χ1) is 12.6. The number of allylic oxidation sites excluding steroid dienone is 2. The molecule has 2 fully saturated rings. The van der Waals surface area contributed by atoms with Crippen molar-refractivity contribution in [3.05, 3.63) is 11.6 Å². The van der Waals surface area contributed by atoms with Crippen LogP contribution in [0.5, 0.6) is 0 Å². The van der Waals surface area contributed by atoms with Gasteiger partial charge in [0.1, 0.15) is 24.4 Å². The van der Waals surface area contributed by atoms with Crippen molar-refractivity contribution in [2.45, 2.75) is 96.1 Å². The molecule has 1 saturated carbocycles. The summed E-state index contributed by atoms with van der Waals surface area (Å²) in [6.07, 6.45) is 1.84. The Kier molecular flexibility index (Phi) is 6.07. The van der Waals surface area contributed by atoms with Gasteiger partial charge in [0.05, 0.1) is 12.2 Å². The summed E-state index contributed by atoms with van der Waals surface area (Å²) in [5.74, 6) is 0.840. The number of aliphatic hydroxyl groups is 4. The Morgan fingerprint density at radius 1 is 1.19 bits per heavy atom. The summed E-state index contributed by atoms with van der Waals surface area (Å²) in [4.78, 5) is 0. The standard InChI is InChI=1S/C21H36O6/c1-12-6-5-8-21(4)9-7-13(10-14(12)21)20(2,3)27-19-18(25)17(24)16(23)15(11-22)26-19/h6,13-19,22-25H,5,7-11H2,1-4H3/t13-,14-,15-,16-,17+,18-,19+,21-/m1/s1. The number of rotatable bonds is 4. The Morgan fingerprint density at radius 3 is 2.56 bits per heavy atom. The van der Waals surface area contributed by atoms with Crippen LogP contribution in [-0.4, -0.2) is 63.3 Å². The summed E-state index contributed by atoms with van der Waals surface area (Å²) < 4.78 is 11.7. The molecule has 3 aliphatic rings. The van der Waals surface area contributed by atoms with E-state index >= 15 is 0 Å². The minimum Gasteiger partial charge on any atom is -0.394 e. The first kappa shape index (κ1) is 21.2. The number of ether oxygens (including phenoxy) is 2. The molecule has 0 aromatic heterocycles. The molecular weight excluding hydrogens is 348 g/mol. The Bertz CT molecular complexity index is 559. The first-order valence-electron chi connectivity index (χ1n) is 10.2. The van der Waals surface area contributed by atoms with Crippen LogP contribution in [0.1, 0.15) is 59.8 Å². The zero-order valence-electron chi connectivity index (χ0n) is 17.0. The molecule has 0 radical (unpaired) electrons. The van der Waals surface area contributed by atoms with Crippen LogP contribution in [0.25, 0.3) is 0 Å². The summed E-state index contributed by atoms with van der Waals surface area (Å²) >= 11 is 0. The third kappa shape index (κ3) is 3.98. The van der Waals surface area contributed by atoms with E-state index in [1.807, 2.05) is 13.8 Å². The molecule has 1 aliphatic heterocycles. The van der Waals surface area contributed by atoms with E-state index < -0.39 is 42.9 Å². The lowest BCUT2D eigenvalue weighted by Gasteiger charge is -2.52. The van der Waals surface area contributed by atoms with Gasteiger partial charge >= 0.3 is 0 Å². The van der Waals surface area contributed by atoms with Crippen molar-refractivity contribution in [3.8, 4) is 0 Å². The van der Waals surface area contributed by atoms with Crippen molar-refractivity contribution in [3.63, 3.8) is 0 Å². The summed E-state index contributed by atoms with van der Waals surface area (Å²) in [5.41, 5.74) is 1.26. The van der Waals surface area contributed by atoms with Crippen molar-refractivity contribution in [1.82, 2.24) is 0 Å². The molecule has 2 aliphatic carbocycles. The molecule has 0 bridgehead atoms. The molecule has 0 aromatic carbocycles. The topological polar surface area (TPSA) is 99.4 Å². The first-order valence-corrected chi connectivity index (χ1v) is 10.2. The van der Waals surface area contributed by atoms with Gasteiger partial charge in [-0.05, 0) is 70.1 Å². The molecule has 156 valence electrons. The van der Waals surface area contributed by atoms with Gasteiger partial charge in [-0.2, -0.15) is 0 Å². The average molecular weight is 385 g/mol. The Balaban J connectivity index is 1.71. The molecule has 0 aromatic rings. The fourth-order valence-electron chi connectivity index (χ4n) is 5.36. The van der Waals surface area contributed by atoms with Crippen molar-refractivity contribution < 1.29 is 29.9 Å². The van der Waals surface area contributed by atoms with Gasteiger partial charge in [0.15, 0.2) is 6.29 Å². The van der Waals surface area contributed by atoms with Crippen molar-refractivity contribution in [1.29, 1.82) is 0 Å². The lowest BCUT2D eigenvalue weighted by atomic mass is 9.56. The molecule has 3 rings (SSSR count). The van der Waals surface area contributed by atoms with E-state index in [1.54, 1.807) is 0 Å². The molecule has 0 spiro atoms. The largest absolute Gasteiger partial charge is 0.394 e. The highest BCUT2D eigenvalue weighted by Crippen LogP contribution is 2.54. The van der Waals surface area contributed by atoms with E-state index in [2.05, 4.69) is 19.9 Å². The number of hydrogen-bond acceptors (Lipinski definition) is 6. The van der Waals surface area contributed by atoms with Gasteiger partial charge in [0, 0.05) is 0 Å². The number of aliphatic hydroxyl groups excluding tert-OH is 4. The van der Waals surface area contributed by atoms with E-state index in [4.69, 9.17) is 9.47 Å². The minimum absolute atomic E-state index is 0.296. The minimum atomic E-state index is -1.41. The van der Waals surface area contributed by atoms with E-state index in [9.17, 15) is 20.4 Å². The van der Waals surface area contributed by atoms with Crippen LogP contribution in [-0.2, 0) is 9.47 Å². The Morgan fingerprint density at radius 2 is 1.89 bits per heavy atom. The second-order valence-corrected chi connectivity index (χ2v) is 9.58. The summed E-state index contributed by atoms with van der Waals surface area (Å²) in [6.45, 7) is 8.19. The average Bonchev–Trinajstić information content (AvgIpc) is 2.61. The maximum atomic E-state index is 10.3. The van der Waals surface area contributed by atoms with E-state index in [1.165, 1.54) is 12.0 Å². The highest BCUT2D eigenvalue weighted by molar-refractivity contribution is 5.15. The maximum absolute atomic E-state index is 10.3. The second kappa shape index (κ2) is 7.73. The van der Waals surface area contributed by atoms with E-state index in [0.29, 0.717) is 17.3 Å². The molecule has 6 heteroatoms. The molecule has 0 amide bonds. The van der Waals surface area contributed by atoms with Gasteiger partial charge in [0.25, 0.3) is 0 Å². The van der Waals surface area contributed by atoms with Crippen LogP contribution >= 0.6 is 0 Å². The summed E-state index contributed by atoms with van der Waals surface area (Å²) in [7, 11) is 0. The fraction of sp³-hybridized carbons (Fsp3) is 0.905. The van der Waals surface area contributed by atoms with E-state index in [-0.39, 0.29) is 0 Å². The fourth-order valence-corrected chi connectivity index (χ4v) is 5.36. The van der Waals surface area contributed by atoms with Crippen LogP contribution in [0.2, 0.25) is 0 Å². The van der Waals surface area contributed by atoms with Crippen LogP contribution < -0.4 is 0 Å². The van der Waals surface area contributed by atoms with Crippen molar-refractivity contribution >= 4 is 0 Å². The molecular formula is C21H36O6. The monoisotopic (exact) mass is 384 g/mol. The zero-order chi connectivity index (χ0) is 20.0. The molecule has 1 heterocycles. The van der Waals surface area contributed by atoms with Crippen molar-refractivity contribution in [2.24, 2.45) is 17.3 Å². The smallest absolute Gasteiger partial charge is 0.187 e. The SMILES string of the molecule is CC1=CCC[C@]2(C)CC[C@@H](C(C)(C)O[C@@H]3O[C@H](CO)[C@@H](O)[C@H](O)[C@H]3O)C[C@H]12. The molecule has 0 unspecified atom stereocenters. The molecule has 4 N–H and O–H groups in total. The number of hydrogen-bond donors (Lipinski definition) is 4. The van der Waals surface area contributed by atoms with Crippen LogP contribution in [0.15, 0.2) is 11.6 Å². The molecule has 1 saturated heterocycles. The van der Waals surface area contributed by atoms with E-state index in [0.717, 1.165) is 25.7 Å². The Labute approximate surface area is 162 Å². The van der Waals surface area contributed by atoms with Gasteiger partial charge < -0.3 is 29.9 Å². The van der Waals surface area contributed by atoms with Gasteiger partial charge in [-0.15, -0.1) is 0 Å². The van der Waals surface area contributed by atoms with Gasteiger partial charge in [-0.25, -0.2) is 0 Å². The lowest BCUT2D eigenvalue weighted by molar-refractivity contribution is -0.330. The molecule has 27 heavy (non-hydrogen) atoms. The van der Waals surface area contributed by atoms with Gasteiger partial charge in [-0.1, -0.05) is 18.6 Å². The maximum Gasteiger partial charge on any atom is 0.187 e. The van der Waals surface area contributed by atoms with Crippen molar-refractivity contribution in [2.75, 3.05) is 6.61 Å². The molecule has 6 nitrogen and oxygen atoms in total. The zero-order valence-corrected chi connectivity index (χ0v) is 17.0. The third-order valence-electron chi connectivity index (χ3n) is 7.41. The third-order valence-corrected chi connectivity index (χ3v) is 7.41.